The Balaban J connectivity index is 2.21. The summed E-state index contributed by atoms with van der Waals surface area (Å²) < 4.78 is 4.60. The van der Waals surface area contributed by atoms with E-state index in [1.807, 2.05) is 42.5 Å². The highest BCUT2D eigenvalue weighted by atomic mass is 16.5. The van der Waals surface area contributed by atoms with Crippen molar-refractivity contribution in [2.45, 2.75) is 0 Å². The number of carboxylic acid groups (broad SMARTS) is 1. The Labute approximate surface area is 128 Å². The van der Waals surface area contributed by atoms with Crippen LogP contribution in [0.5, 0.6) is 0 Å². The Hall–Kier alpha value is -2.82. The minimum atomic E-state index is -1.00. The third-order valence-electron chi connectivity index (χ3n) is 3.21. The van der Waals surface area contributed by atoms with Crippen molar-refractivity contribution in [3.8, 4) is 11.1 Å². The summed E-state index contributed by atoms with van der Waals surface area (Å²) >= 11 is 0. The zero-order valence-corrected chi connectivity index (χ0v) is 12.2. The summed E-state index contributed by atoms with van der Waals surface area (Å²) in [6.45, 7) is -0.368. The molecule has 22 heavy (non-hydrogen) atoms. The van der Waals surface area contributed by atoms with Gasteiger partial charge in [0, 0.05) is 5.69 Å². The van der Waals surface area contributed by atoms with Crippen molar-refractivity contribution in [3.05, 3.63) is 54.6 Å². The van der Waals surface area contributed by atoms with E-state index >= 15 is 0 Å². The number of rotatable bonds is 6. The van der Waals surface area contributed by atoms with Gasteiger partial charge in [-0.25, -0.2) is 0 Å². The minimum Gasteiger partial charge on any atom is -0.480 e. The third-order valence-corrected chi connectivity index (χ3v) is 3.21. The molecule has 5 heteroatoms. The fourth-order valence-corrected chi connectivity index (χ4v) is 2.12. The molecule has 114 valence electrons. The molecule has 5 nitrogen and oxygen atoms in total. The maximum Gasteiger partial charge on any atom is 0.325 e. The number of methoxy groups -OCH3 is 1. The average Bonchev–Trinajstić information content (AvgIpc) is 2.54. The molecule has 0 saturated carbocycles. The Morgan fingerprint density at radius 1 is 0.955 bits per heavy atom. The molecule has 0 saturated heterocycles. The number of benzene rings is 2. The van der Waals surface area contributed by atoms with Crippen molar-refractivity contribution in [2.75, 3.05) is 25.1 Å². The van der Waals surface area contributed by atoms with E-state index < -0.39 is 11.9 Å². The maximum absolute atomic E-state index is 11.4. The van der Waals surface area contributed by atoms with E-state index in [1.165, 1.54) is 12.0 Å². The number of esters is 1. The molecule has 0 spiro atoms. The lowest BCUT2D eigenvalue weighted by molar-refractivity contribution is -0.139. The predicted octanol–water partition coefficient (Wildman–Crippen LogP) is 2.42. The molecule has 0 heterocycles. The summed E-state index contributed by atoms with van der Waals surface area (Å²) in [7, 11) is 1.28. The van der Waals surface area contributed by atoms with Gasteiger partial charge in [0.05, 0.1) is 7.11 Å². The first-order valence-electron chi connectivity index (χ1n) is 6.79. The van der Waals surface area contributed by atoms with Crippen molar-refractivity contribution in [1.82, 2.24) is 0 Å². The van der Waals surface area contributed by atoms with Crippen molar-refractivity contribution >= 4 is 17.6 Å². The second-order valence-electron chi connectivity index (χ2n) is 4.74. The van der Waals surface area contributed by atoms with Gasteiger partial charge in [0.2, 0.25) is 0 Å². The normalized spacial score (nSPS) is 10.0. The maximum atomic E-state index is 11.4. The molecule has 0 atom stereocenters. The lowest BCUT2D eigenvalue weighted by atomic mass is 10.1. The van der Waals surface area contributed by atoms with E-state index in [1.54, 1.807) is 12.1 Å². The Kier molecular flexibility index (Phi) is 5.14. The SMILES string of the molecule is COC(=O)CN(CC(=O)O)c1ccc(-c2ccccc2)cc1. The van der Waals surface area contributed by atoms with E-state index in [2.05, 4.69) is 4.74 Å². The molecular formula is C17H17NO4. The van der Waals surface area contributed by atoms with Gasteiger partial charge >= 0.3 is 11.9 Å². The fraction of sp³-hybridized carbons (Fsp3) is 0.176. The first-order chi connectivity index (χ1) is 10.6. The van der Waals surface area contributed by atoms with Gasteiger partial charge < -0.3 is 14.7 Å². The van der Waals surface area contributed by atoms with Gasteiger partial charge in [-0.15, -0.1) is 0 Å². The van der Waals surface area contributed by atoms with Crippen LogP contribution in [0, 0.1) is 0 Å². The number of carbonyl (C=O) groups excluding carboxylic acids is 1. The van der Waals surface area contributed by atoms with Crippen LogP contribution >= 0.6 is 0 Å². The second kappa shape index (κ2) is 7.26. The molecule has 0 aliphatic carbocycles. The highest BCUT2D eigenvalue weighted by Crippen LogP contribution is 2.23. The van der Waals surface area contributed by atoms with E-state index in [4.69, 9.17) is 5.11 Å². The fourth-order valence-electron chi connectivity index (χ4n) is 2.12. The predicted molar refractivity (Wildman–Crippen MR) is 83.7 cm³/mol. The molecule has 2 aromatic rings. The number of aliphatic carboxylic acids is 1. The number of carboxylic acids is 1. The minimum absolute atomic E-state index is 0.104. The average molecular weight is 299 g/mol. The molecule has 0 aliphatic rings. The number of hydrogen-bond acceptors (Lipinski definition) is 4. The smallest absolute Gasteiger partial charge is 0.325 e. The van der Waals surface area contributed by atoms with Crippen LogP contribution in [0.15, 0.2) is 54.6 Å². The summed E-state index contributed by atoms with van der Waals surface area (Å²) in [4.78, 5) is 23.8. The summed E-state index contributed by atoms with van der Waals surface area (Å²) in [5.74, 6) is -1.48. The standard InChI is InChI=1S/C17H17NO4/c1-22-17(21)12-18(11-16(19)20)15-9-7-14(8-10-15)13-5-3-2-4-6-13/h2-10H,11-12H2,1H3,(H,19,20). The van der Waals surface area contributed by atoms with Crippen molar-refractivity contribution in [3.63, 3.8) is 0 Å². The lowest BCUT2D eigenvalue weighted by Gasteiger charge is -2.21. The van der Waals surface area contributed by atoms with E-state index in [0.29, 0.717) is 5.69 Å². The van der Waals surface area contributed by atoms with Crippen LogP contribution in [-0.2, 0) is 14.3 Å². The van der Waals surface area contributed by atoms with E-state index in [-0.39, 0.29) is 13.1 Å². The first-order valence-corrected chi connectivity index (χ1v) is 6.79. The Bertz CT molecular complexity index is 637. The lowest BCUT2D eigenvalue weighted by Crippen LogP contribution is -2.35. The van der Waals surface area contributed by atoms with Gasteiger partial charge in [0.1, 0.15) is 13.1 Å². The van der Waals surface area contributed by atoms with Gasteiger partial charge in [-0.2, -0.15) is 0 Å². The number of carbonyl (C=O) groups is 2. The zero-order chi connectivity index (χ0) is 15.9. The molecule has 0 unspecified atom stereocenters. The Morgan fingerprint density at radius 3 is 2.09 bits per heavy atom. The van der Waals surface area contributed by atoms with Crippen LogP contribution in [0.3, 0.4) is 0 Å². The molecule has 0 fully saturated rings. The van der Waals surface area contributed by atoms with Gasteiger partial charge in [0.25, 0.3) is 0 Å². The van der Waals surface area contributed by atoms with Crippen LogP contribution in [-0.4, -0.2) is 37.2 Å². The molecule has 0 radical (unpaired) electrons. The number of nitrogens with zero attached hydrogens (tertiary/aromatic N) is 1. The van der Waals surface area contributed by atoms with Gasteiger partial charge in [-0.1, -0.05) is 42.5 Å². The van der Waals surface area contributed by atoms with Crippen molar-refractivity contribution in [2.24, 2.45) is 0 Å². The quantitative estimate of drug-likeness (QED) is 0.830. The monoisotopic (exact) mass is 299 g/mol. The number of ether oxygens (including phenoxy) is 1. The van der Waals surface area contributed by atoms with Crippen LogP contribution in [0.2, 0.25) is 0 Å². The van der Waals surface area contributed by atoms with Crippen LogP contribution < -0.4 is 4.90 Å². The van der Waals surface area contributed by atoms with E-state index in [9.17, 15) is 9.59 Å². The van der Waals surface area contributed by atoms with E-state index in [0.717, 1.165) is 11.1 Å². The van der Waals surface area contributed by atoms with Crippen LogP contribution in [0.1, 0.15) is 0 Å². The zero-order valence-electron chi connectivity index (χ0n) is 12.2. The summed E-state index contributed by atoms with van der Waals surface area (Å²) in [6.07, 6.45) is 0. The van der Waals surface area contributed by atoms with Gasteiger partial charge in [-0.05, 0) is 23.3 Å². The summed E-state index contributed by atoms with van der Waals surface area (Å²) in [5.41, 5.74) is 2.76. The molecule has 0 aliphatic heterocycles. The molecular weight excluding hydrogens is 282 g/mol. The second-order valence-corrected chi connectivity index (χ2v) is 4.74. The van der Waals surface area contributed by atoms with Crippen molar-refractivity contribution in [1.29, 1.82) is 0 Å². The van der Waals surface area contributed by atoms with Crippen LogP contribution in [0.25, 0.3) is 11.1 Å². The topological polar surface area (TPSA) is 66.8 Å². The highest BCUT2D eigenvalue weighted by molar-refractivity contribution is 5.81. The molecule has 0 amide bonds. The molecule has 1 N–H and O–H groups in total. The number of hydrogen-bond donors (Lipinski definition) is 1. The third kappa shape index (κ3) is 4.09. The van der Waals surface area contributed by atoms with Gasteiger partial charge in [0.15, 0.2) is 0 Å². The molecule has 2 rings (SSSR count). The first kappa shape index (κ1) is 15.6. The largest absolute Gasteiger partial charge is 0.480 e. The highest BCUT2D eigenvalue weighted by Gasteiger charge is 2.15. The van der Waals surface area contributed by atoms with Crippen molar-refractivity contribution < 1.29 is 19.4 Å². The van der Waals surface area contributed by atoms with Gasteiger partial charge in [-0.3, -0.25) is 9.59 Å². The molecule has 0 aromatic heterocycles. The molecule has 0 bridgehead atoms. The van der Waals surface area contributed by atoms with Crippen LogP contribution in [0.4, 0.5) is 5.69 Å². The Morgan fingerprint density at radius 2 is 1.55 bits per heavy atom. The summed E-state index contributed by atoms with van der Waals surface area (Å²) in [6, 6.07) is 17.3. The summed E-state index contributed by atoms with van der Waals surface area (Å²) in [5, 5.41) is 8.97. The molecule has 2 aromatic carbocycles. The number of anilines is 1.